The Morgan fingerprint density at radius 2 is 2.00 bits per heavy atom. The average Bonchev–Trinajstić information content (AvgIpc) is 3.20. The molecule has 1 aromatic rings. The van der Waals surface area contributed by atoms with Gasteiger partial charge in [-0.1, -0.05) is 0 Å². The van der Waals surface area contributed by atoms with Crippen molar-refractivity contribution in [3.8, 4) is 0 Å². The van der Waals surface area contributed by atoms with Gasteiger partial charge in [0.1, 0.15) is 4.90 Å². The molecule has 9 heteroatoms. The van der Waals surface area contributed by atoms with Crippen LogP contribution in [0.25, 0.3) is 0 Å². The van der Waals surface area contributed by atoms with Gasteiger partial charge in [-0.2, -0.15) is 0 Å². The van der Waals surface area contributed by atoms with Crippen LogP contribution < -0.4 is 15.8 Å². The SMILES string of the molecule is COC(=O)c1ccc(N)cc1S(=O)(=O)NC(=O)NC1CC1. The number of esters is 1. The van der Waals surface area contributed by atoms with E-state index in [0.29, 0.717) is 0 Å². The lowest BCUT2D eigenvalue weighted by Crippen LogP contribution is -2.40. The first-order valence-electron chi connectivity index (χ1n) is 6.14. The fourth-order valence-corrected chi connectivity index (χ4v) is 2.80. The van der Waals surface area contributed by atoms with Crippen molar-refractivity contribution in [1.82, 2.24) is 10.0 Å². The third kappa shape index (κ3) is 3.63. The van der Waals surface area contributed by atoms with Crippen molar-refractivity contribution in [2.45, 2.75) is 23.8 Å². The fourth-order valence-electron chi connectivity index (χ4n) is 1.66. The summed E-state index contributed by atoms with van der Waals surface area (Å²) in [6.45, 7) is 0. The zero-order chi connectivity index (χ0) is 15.6. The van der Waals surface area contributed by atoms with E-state index in [1.54, 1.807) is 0 Å². The molecule has 0 unspecified atom stereocenters. The first-order chi connectivity index (χ1) is 9.83. The lowest BCUT2D eigenvalue weighted by atomic mass is 10.2. The Hall–Kier alpha value is -2.29. The Kier molecular flexibility index (Phi) is 4.03. The summed E-state index contributed by atoms with van der Waals surface area (Å²) in [5.74, 6) is -0.835. The Morgan fingerprint density at radius 3 is 2.57 bits per heavy atom. The molecule has 0 atom stereocenters. The summed E-state index contributed by atoms with van der Waals surface area (Å²) in [5.41, 5.74) is 5.49. The van der Waals surface area contributed by atoms with E-state index in [1.165, 1.54) is 12.1 Å². The van der Waals surface area contributed by atoms with Crippen molar-refractivity contribution in [2.24, 2.45) is 0 Å². The van der Waals surface area contributed by atoms with E-state index in [9.17, 15) is 18.0 Å². The third-order valence-electron chi connectivity index (χ3n) is 2.84. The summed E-state index contributed by atoms with van der Waals surface area (Å²) in [4.78, 5) is 22.8. The molecule has 0 bridgehead atoms. The van der Waals surface area contributed by atoms with E-state index < -0.39 is 26.9 Å². The van der Waals surface area contributed by atoms with E-state index >= 15 is 0 Å². The van der Waals surface area contributed by atoms with E-state index in [-0.39, 0.29) is 17.3 Å². The maximum atomic E-state index is 12.2. The number of hydrogen-bond acceptors (Lipinski definition) is 6. The summed E-state index contributed by atoms with van der Waals surface area (Å²) in [5, 5.41) is 2.48. The molecule has 1 fully saturated rings. The summed E-state index contributed by atoms with van der Waals surface area (Å²) in [6.07, 6.45) is 1.64. The van der Waals surface area contributed by atoms with Crippen LogP contribution in [0.5, 0.6) is 0 Å². The highest BCUT2D eigenvalue weighted by Gasteiger charge is 2.28. The maximum Gasteiger partial charge on any atom is 0.339 e. The second-order valence-electron chi connectivity index (χ2n) is 4.60. The number of hydrogen-bond donors (Lipinski definition) is 3. The smallest absolute Gasteiger partial charge is 0.339 e. The Morgan fingerprint density at radius 1 is 1.33 bits per heavy atom. The van der Waals surface area contributed by atoms with Crippen LogP contribution in [0.3, 0.4) is 0 Å². The highest BCUT2D eigenvalue weighted by molar-refractivity contribution is 7.90. The summed E-state index contributed by atoms with van der Waals surface area (Å²) in [7, 11) is -3.10. The van der Waals surface area contributed by atoms with Crippen LogP contribution in [0.1, 0.15) is 23.2 Å². The quantitative estimate of drug-likeness (QED) is 0.538. The van der Waals surface area contributed by atoms with Gasteiger partial charge in [-0.05, 0) is 31.0 Å². The number of ether oxygens (including phenoxy) is 1. The van der Waals surface area contributed by atoms with Gasteiger partial charge in [-0.25, -0.2) is 22.7 Å². The lowest BCUT2D eigenvalue weighted by Gasteiger charge is -2.11. The van der Waals surface area contributed by atoms with Crippen molar-refractivity contribution >= 4 is 27.7 Å². The van der Waals surface area contributed by atoms with Crippen LogP contribution in [0.2, 0.25) is 0 Å². The lowest BCUT2D eigenvalue weighted by molar-refractivity contribution is 0.0596. The minimum absolute atomic E-state index is 0.00104. The van der Waals surface area contributed by atoms with Crippen molar-refractivity contribution in [2.75, 3.05) is 12.8 Å². The number of nitrogens with one attached hydrogen (secondary N) is 2. The van der Waals surface area contributed by atoms with E-state index in [2.05, 4.69) is 10.1 Å². The van der Waals surface area contributed by atoms with Gasteiger partial charge in [0.25, 0.3) is 10.0 Å². The molecule has 1 aromatic carbocycles. The summed E-state index contributed by atoms with van der Waals surface area (Å²) in [6, 6.07) is 2.86. The van der Waals surface area contributed by atoms with Gasteiger partial charge in [0.15, 0.2) is 0 Å². The zero-order valence-corrected chi connectivity index (χ0v) is 12.1. The maximum absolute atomic E-state index is 12.2. The molecule has 114 valence electrons. The number of carbonyl (C=O) groups excluding carboxylic acids is 2. The Balaban J connectivity index is 2.31. The molecule has 0 saturated heterocycles. The van der Waals surface area contributed by atoms with Crippen LogP contribution in [0.4, 0.5) is 10.5 Å². The van der Waals surface area contributed by atoms with Crippen molar-refractivity contribution in [1.29, 1.82) is 0 Å². The molecule has 2 rings (SSSR count). The molecule has 8 nitrogen and oxygen atoms in total. The number of urea groups is 1. The number of rotatable bonds is 4. The topological polar surface area (TPSA) is 128 Å². The molecule has 1 aliphatic rings. The van der Waals surface area contributed by atoms with Gasteiger partial charge in [-0.15, -0.1) is 0 Å². The van der Waals surface area contributed by atoms with Crippen LogP contribution in [0, 0.1) is 0 Å². The second kappa shape index (κ2) is 5.60. The van der Waals surface area contributed by atoms with Crippen LogP contribution >= 0.6 is 0 Å². The van der Waals surface area contributed by atoms with Crippen LogP contribution in [-0.2, 0) is 14.8 Å². The highest BCUT2D eigenvalue weighted by atomic mass is 32.2. The molecule has 1 saturated carbocycles. The van der Waals surface area contributed by atoms with E-state index in [1.807, 2.05) is 4.72 Å². The van der Waals surface area contributed by atoms with Gasteiger partial charge in [0, 0.05) is 11.7 Å². The zero-order valence-electron chi connectivity index (χ0n) is 11.3. The third-order valence-corrected chi connectivity index (χ3v) is 4.21. The van der Waals surface area contributed by atoms with Gasteiger partial charge >= 0.3 is 12.0 Å². The minimum Gasteiger partial charge on any atom is -0.465 e. The number of amides is 2. The predicted octanol–water partition coefficient (Wildman–Crippen LogP) is 0.206. The first-order valence-corrected chi connectivity index (χ1v) is 7.63. The van der Waals surface area contributed by atoms with Crippen molar-refractivity contribution in [3.63, 3.8) is 0 Å². The molecule has 0 heterocycles. The van der Waals surface area contributed by atoms with E-state index in [4.69, 9.17) is 5.73 Å². The van der Waals surface area contributed by atoms with Gasteiger partial charge < -0.3 is 15.8 Å². The minimum atomic E-state index is -4.23. The number of nitrogens with two attached hydrogens (primary N) is 1. The molecule has 0 radical (unpaired) electrons. The normalized spacial score (nSPS) is 14.3. The number of nitrogen functional groups attached to an aromatic ring is 1. The van der Waals surface area contributed by atoms with Gasteiger partial charge in [-0.3, -0.25) is 0 Å². The average molecular weight is 313 g/mol. The van der Waals surface area contributed by atoms with Crippen molar-refractivity contribution < 1.29 is 22.7 Å². The van der Waals surface area contributed by atoms with E-state index in [0.717, 1.165) is 26.0 Å². The number of sulfonamides is 1. The molecular formula is C12H15N3O5S. The van der Waals surface area contributed by atoms with Crippen LogP contribution in [0.15, 0.2) is 23.1 Å². The fraction of sp³-hybridized carbons (Fsp3) is 0.333. The summed E-state index contributed by atoms with van der Waals surface area (Å²) >= 11 is 0. The molecular weight excluding hydrogens is 298 g/mol. The second-order valence-corrected chi connectivity index (χ2v) is 6.25. The highest BCUT2D eigenvalue weighted by Crippen LogP contribution is 2.21. The molecule has 1 aliphatic carbocycles. The number of carbonyl (C=O) groups is 2. The largest absolute Gasteiger partial charge is 0.465 e. The summed E-state index contributed by atoms with van der Waals surface area (Å²) < 4.78 is 30.8. The van der Waals surface area contributed by atoms with Crippen molar-refractivity contribution in [3.05, 3.63) is 23.8 Å². The first kappa shape index (κ1) is 15.1. The molecule has 0 aromatic heterocycles. The van der Waals surface area contributed by atoms with Gasteiger partial charge in [0.05, 0.1) is 12.7 Å². The molecule has 0 aliphatic heterocycles. The number of anilines is 1. The standard InChI is InChI=1S/C12H15N3O5S/c1-20-11(16)9-5-2-7(13)6-10(9)21(18,19)15-12(17)14-8-3-4-8/h2,5-6,8H,3-4,13H2,1H3,(H2,14,15,17). The molecule has 4 N–H and O–H groups in total. The van der Waals surface area contributed by atoms with Crippen LogP contribution in [-0.4, -0.2) is 33.6 Å². The molecule has 2 amide bonds. The Bertz CT molecular complexity index is 682. The Labute approximate surface area is 121 Å². The number of benzene rings is 1. The molecule has 21 heavy (non-hydrogen) atoms. The van der Waals surface area contributed by atoms with Gasteiger partial charge in [0.2, 0.25) is 0 Å². The monoisotopic (exact) mass is 313 g/mol. The molecule has 0 spiro atoms. The predicted molar refractivity (Wildman–Crippen MR) is 74.1 cm³/mol. The number of methoxy groups -OCH3 is 1.